The second kappa shape index (κ2) is 10.3. The number of imidazole rings is 1. The SMILES string of the molecule is Cn1cncc1SC(C)(C)C(NS(=O)(=O)c1ccc(Oc2ccc(Br)cc2)cc1)C(=O)NO. The number of amides is 1. The number of aryl methyl sites for hydroxylation is 1. The zero-order valence-corrected chi connectivity index (χ0v) is 21.2. The first-order valence-corrected chi connectivity index (χ1v) is 12.8. The van der Waals surface area contributed by atoms with E-state index in [1.165, 1.54) is 36.0 Å². The van der Waals surface area contributed by atoms with Gasteiger partial charge in [0.25, 0.3) is 5.91 Å². The van der Waals surface area contributed by atoms with Gasteiger partial charge >= 0.3 is 0 Å². The van der Waals surface area contributed by atoms with Crippen molar-refractivity contribution in [2.45, 2.75) is 34.6 Å². The number of carbonyl (C=O) groups excluding carboxylic acids is 1. The van der Waals surface area contributed by atoms with E-state index in [2.05, 4.69) is 25.6 Å². The predicted molar refractivity (Wildman–Crippen MR) is 128 cm³/mol. The molecule has 0 aliphatic rings. The highest BCUT2D eigenvalue weighted by molar-refractivity contribution is 9.10. The summed E-state index contributed by atoms with van der Waals surface area (Å²) in [5.41, 5.74) is 1.55. The second-order valence-corrected chi connectivity index (χ2v) is 11.9. The monoisotopic (exact) mass is 554 g/mol. The highest BCUT2D eigenvalue weighted by atomic mass is 79.9. The number of thioether (sulfide) groups is 1. The molecular weight excluding hydrogens is 532 g/mol. The molecule has 1 unspecified atom stereocenters. The quantitative estimate of drug-likeness (QED) is 0.209. The molecule has 2 aromatic carbocycles. The normalized spacial score (nSPS) is 12.9. The van der Waals surface area contributed by atoms with Gasteiger partial charge in [0.15, 0.2) is 0 Å². The number of nitrogens with one attached hydrogen (secondary N) is 2. The summed E-state index contributed by atoms with van der Waals surface area (Å²) in [6.45, 7) is 3.39. The van der Waals surface area contributed by atoms with E-state index in [0.29, 0.717) is 11.5 Å². The number of nitrogens with zero attached hydrogens (tertiary/aromatic N) is 2. The van der Waals surface area contributed by atoms with Gasteiger partial charge in [0, 0.05) is 16.3 Å². The molecular formula is C21H23BrN4O5S2. The summed E-state index contributed by atoms with van der Waals surface area (Å²) in [4.78, 5) is 16.4. The van der Waals surface area contributed by atoms with Crippen molar-refractivity contribution >= 4 is 43.6 Å². The number of ether oxygens (including phenoxy) is 1. The Balaban J connectivity index is 1.79. The number of sulfonamides is 1. The van der Waals surface area contributed by atoms with Crippen LogP contribution in [0.15, 0.2) is 75.4 Å². The summed E-state index contributed by atoms with van der Waals surface area (Å²) in [5.74, 6) is 0.169. The van der Waals surface area contributed by atoms with Crippen LogP contribution in [0, 0.1) is 0 Å². The summed E-state index contributed by atoms with van der Waals surface area (Å²) in [6.07, 6.45) is 3.21. The van der Waals surface area contributed by atoms with Crippen molar-refractivity contribution in [3.05, 3.63) is 65.5 Å². The van der Waals surface area contributed by atoms with Crippen molar-refractivity contribution in [2.24, 2.45) is 7.05 Å². The third kappa shape index (κ3) is 6.36. The summed E-state index contributed by atoms with van der Waals surface area (Å²) in [6, 6.07) is 11.7. The van der Waals surface area contributed by atoms with E-state index >= 15 is 0 Å². The summed E-state index contributed by atoms with van der Waals surface area (Å²) in [5, 5.41) is 9.96. The second-order valence-electron chi connectivity index (χ2n) is 7.61. The lowest BCUT2D eigenvalue weighted by Crippen LogP contribution is -2.55. The minimum absolute atomic E-state index is 0.0530. The first-order valence-electron chi connectivity index (χ1n) is 9.67. The standard InChI is InChI=1S/C21H23BrN4O5S2/c1-21(2,32-18-12-23-13-26(18)3)19(20(27)24-28)25-33(29,30)17-10-8-16(9-11-17)31-15-6-4-14(22)5-7-15/h4-13,19,25,28H,1-3H3,(H,24,27). The van der Waals surface area contributed by atoms with Gasteiger partial charge in [-0.05, 0) is 62.4 Å². The van der Waals surface area contributed by atoms with Crippen molar-refractivity contribution in [3.63, 3.8) is 0 Å². The molecule has 0 aliphatic carbocycles. The Morgan fingerprint density at radius 3 is 2.24 bits per heavy atom. The van der Waals surface area contributed by atoms with Gasteiger partial charge in [-0.15, -0.1) is 0 Å². The fourth-order valence-electron chi connectivity index (χ4n) is 2.90. The number of halogens is 1. The number of rotatable bonds is 9. The molecule has 3 rings (SSSR count). The fourth-order valence-corrected chi connectivity index (χ4v) is 5.71. The van der Waals surface area contributed by atoms with Gasteiger partial charge in [-0.25, -0.2) is 18.9 Å². The van der Waals surface area contributed by atoms with E-state index in [0.717, 1.165) is 9.50 Å². The molecule has 176 valence electrons. The molecule has 0 bridgehead atoms. The van der Waals surface area contributed by atoms with E-state index < -0.39 is 26.7 Å². The van der Waals surface area contributed by atoms with Crippen LogP contribution in [0.1, 0.15) is 13.8 Å². The van der Waals surface area contributed by atoms with Gasteiger partial charge in [-0.3, -0.25) is 10.0 Å². The van der Waals surface area contributed by atoms with Crippen LogP contribution in [0.3, 0.4) is 0 Å². The smallest absolute Gasteiger partial charge is 0.262 e. The van der Waals surface area contributed by atoms with Crippen LogP contribution in [0.25, 0.3) is 0 Å². The highest BCUT2D eigenvalue weighted by Crippen LogP contribution is 2.35. The molecule has 0 radical (unpaired) electrons. The lowest BCUT2D eigenvalue weighted by molar-refractivity contribution is -0.131. The number of hydrogen-bond acceptors (Lipinski definition) is 7. The molecule has 3 N–H and O–H groups in total. The molecule has 1 heterocycles. The Hall–Kier alpha value is -2.38. The van der Waals surface area contributed by atoms with Crippen molar-refractivity contribution < 1.29 is 23.2 Å². The molecule has 1 amide bonds. The van der Waals surface area contributed by atoms with Gasteiger partial charge in [0.1, 0.15) is 17.5 Å². The Bertz CT molecular complexity index is 1210. The highest BCUT2D eigenvalue weighted by Gasteiger charge is 2.40. The van der Waals surface area contributed by atoms with Gasteiger partial charge in [-0.2, -0.15) is 4.72 Å². The van der Waals surface area contributed by atoms with E-state index in [1.54, 1.807) is 55.6 Å². The van der Waals surface area contributed by atoms with Crippen molar-refractivity contribution in [2.75, 3.05) is 0 Å². The third-order valence-corrected chi connectivity index (χ3v) is 8.00. The summed E-state index contributed by atoms with van der Waals surface area (Å²) < 4.78 is 35.9. The van der Waals surface area contributed by atoms with Crippen molar-refractivity contribution in [1.29, 1.82) is 0 Å². The maximum absolute atomic E-state index is 13.0. The Labute approximate surface area is 204 Å². The topological polar surface area (TPSA) is 123 Å². The zero-order valence-electron chi connectivity index (χ0n) is 18.0. The van der Waals surface area contributed by atoms with Gasteiger partial charge in [0.2, 0.25) is 10.0 Å². The zero-order chi connectivity index (χ0) is 24.2. The van der Waals surface area contributed by atoms with Crippen LogP contribution in [0.5, 0.6) is 11.5 Å². The van der Waals surface area contributed by atoms with Crippen LogP contribution in [0.4, 0.5) is 0 Å². The maximum atomic E-state index is 13.0. The summed E-state index contributed by atoms with van der Waals surface area (Å²) in [7, 11) is -2.32. The van der Waals surface area contributed by atoms with Crippen molar-refractivity contribution in [1.82, 2.24) is 19.8 Å². The fraction of sp³-hybridized carbons (Fsp3) is 0.238. The molecule has 0 aliphatic heterocycles. The van der Waals surface area contributed by atoms with E-state index in [1.807, 2.05) is 12.1 Å². The Kier molecular flexibility index (Phi) is 7.85. The maximum Gasteiger partial charge on any atom is 0.262 e. The molecule has 9 nitrogen and oxygen atoms in total. The number of benzene rings is 2. The van der Waals surface area contributed by atoms with Gasteiger partial charge < -0.3 is 9.30 Å². The average Bonchev–Trinajstić information content (AvgIpc) is 3.17. The van der Waals surface area contributed by atoms with Gasteiger partial charge in [0.05, 0.1) is 22.4 Å². The summed E-state index contributed by atoms with van der Waals surface area (Å²) >= 11 is 4.60. The van der Waals surface area contributed by atoms with Crippen LogP contribution in [0.2, 0.25) is 0 Å². The third-order valence-electron chi connectivity index (χ3n) is 4.66. The number of hydroxylamine groups is 1. The Morgan fingerprint density at radius 2 is 1.73 bits per heavy atom. The number of hydrogen-bond donors (Lipinski definition) is 3. The minimum atomic E-state index is -4.10. The molecule has 0 fully saturated rings. The lowest BCUT2D eigenvalue weighted by atomic mass is 10.0. The first kappa shape index (κ1) is 25.2. The molecule has 1 atom stereocenters. The van der Waals surface area contributed by atoms with Crippen LogP contribution in [-0.4, -0.2) is 39.9 Å². The lowest BCUT2D eigenvalue weighted by Gasteiger charge is -2.32. The minimum Gasteiger partial charge on any atom is -0.457 e. The molecule has 3 aromatic rings. The molecule has 0 saturated heterocycles. The van der Waals surface area contributed by atoms with Gasteiger partial charge in [-0.1, -0.05) is 27.7 Å². The molecule has 12 heteroatoms. The van der Waals surface area contributed by atoms with Crippen LogP contribution in [-0.2, 0) is 21.9 Å². The largest absolute Gasteiger partial charge is 0.457 e. The molecule has 33 heavy (non-hydrogen) atoms. The Morgan fingerprint density at radius 1 is 1.15 bits per heavy atom. The van der Waals surface area contributed by atoms with Crippen LogP contribution >= 0.6 is 27.7 Å². The van der Waals surface area contributed by atoms with Crippen molar-refractivity contribution in [3.8, 4) is 11.5 Å². The average molecular weight is 555 g/mol. The first-order chi connectivity index (χ1) is 15.5. The molecule has 0 saturated carbocycles. The predicted octanol–water partition coefficient (Wildman–Crippen LogP) is 3.70. The van der Waals surface area contributed by atoms with E-state index in [9.17, 15) is 18.4 Å². The number of carbonyl (C=O) groups is 1. The number of aromatic nitrogens is 2. The van der Waals surface area contributed by atoms with Crippen LogP contribution < -0.4 is 14.9 Å². The molecule has 0 spiro atoms. The molecule has 1 aromatic heterocycles. The van der Waals surface area contributed by atoms with E-state index in [4.69, 9.17) is 4.74 Å². The van der Waals surface area contributed by atoms with E-state index in [-0.39, 0.29) is 4.90 Å².